The number of benzene rings is 1. The Bertz CT molecular complexity index is 1010. The van der Waals surface area contributed by atoms with Crippen LogP contribution in [0.3, 0.4) is 0 Å². The Labute approximate surface area is 164 Å². The molecule has 0 aliphatic heterocycles. The van der Waals surface area contributed by atoms with Gasteiger partial charge in [-0.05, 0) is 44.5 Å². The number of rotatable bonds is 5. The summed E-state index contributed by atoms with van der Waals surface area (Å²) in [5, 5.41) is 0.282. The molecule has 3 aromatic rings. The molecule has 2 heterocycles. The molecular weight excluding hydrogens is 392 g/mol. The highest BCUT2D eigenvalue weighted by Gasteiger charge is 2.26. The molecule has 8 heteroatoms. The Hall–Kier alpha value is -1.83. The number of nitrogens with one attached hydrogen (secondary N) is 1. The van der Waals surface area contributed by atoms with Crippen molar-refractivity contribution in [3.05, 3.63) is 45.7 Å². The topological polar surface area (TPSA) is 72.1 Å². The zero-order chi connectivity index (χ0) is 19.0. The van der Waals surface area contributed by atoms with E-state index in [0.29, 0.717) is 27.5 Å². The van der Waals surface area contributed by atoms with E-state index >= 15 is 0 Å². The summed E-state index contributed by atoms with van der Waals surface area (Å²) in [6.07, 6.45) is 0. The summed E-state index contributed by atoms with van der Waals surface area (Å²) in [7, 11) is 1.33. The van der Waals surface area contributed by atoms with Crippen LogP contribution in [0.25, 0.3) is 10.2 Å². The van der Waals surface area contributed by atoms with Crippen molar-refractivity contribution in [3.63, 3.8) is 0 Å². The lowest BCUT2D eigenvalue weighted by Crippen LogP contribution is -2.15. The molecule has 5 nitrogen and oxygen atoms in total. The number of methoxy groups -OCH3 is 1. The molecule has 0 radical (unpaired) electrons. The predicted octanol–water partition coefficient (Wildman–Crippen LogP) is 5.04. The van der Waals surface area contributed by atoms with Gasteiger partial charge in [-0.2, -0.15) is 0 Å². The minimum atomic E-state index is -0.446. The number of H-pyrrole nitrogens is 1. The van der Waals surface area contributed by atoms with E-state index in [1.54, 1.807) is 13.8 Å². The van der Waals surface area contributed by atoms with Crippen molar-refractivity contribution in [2.45, 2.75) is 30.4 Å². The van der Waals surface area contributed by atoms with Crippen LogP contribution < -0.4 is 0 Å². The third kappa shape index (κ3) is 3.51. The molecular formula is C18H17ClN2O3S2. The van der Waals surface area contributed by atoms with Crippen LogP contribution >= 0.6 is 34.7 Å². The van der Waals surface area contributed by atoms with Gasteiger partial charge in [-0.15, -0.1) is 11.3 Å². The number of aromatic amines is 1. The maximum atomic E-state index is 12.9. The lowest BCUT2D eigenvalue weighted by molar-refractivity contribution is 0.0599. The first-order valence-electron chi connectivity index (χ1n) is 7.86. The van der Waals surface area contributed by atoms with Crippen LogP contribution in [-0.2, 0) is 4.74 Å². The van der Waals surface area contributed by atoms with Gasteiger partial charge < -0.3 is 9.72 Å². The first-order chi connectivity index (χ1) is 12.3. The molecule has 0 aliphatic rings. The number of carbonyl (C=O) groups excluding carboxylic acids is 2. The van der Waals surface area contributed by atoms with Crippen LogP contribution in [0.2, 0.25) is 5.02 Å². The molecule has 0 bridgehead atoms. The molecule has 1 atom stereocenters. The molecule has 136 valence electrons. The molecule has 0 spiro atoms. The van der Waals surface area contributed by atoms with Crippen LogP contribution in [0.1, 0.15) is 39.0 Å². The summed E-state index contributed by atoms with van der Waals surface area (Å²) >= 11 is 8.92. The number of fused-ring (bicyclic) bond motifs is 1. The zero-order valence-electron chi connectivity index (χ0n) is 14.7. The molecule has 0 aliphatic carbocycles. The van der Waals surface area contributed by atoms with Gasteiger partial charge in [0.2, 0.25) is 0 Å². The molecule has 3 rings (SSSR count). The average molecular weight is 409 g/mol. The monoisotopic (exact) mass is 408 g/mol. The second kappa shape index (κ2) is 7.42. The van der Waals surface area contributed by atoms with Gasteiger partial charge in [0.05, 0.1) is 33.8 Å². The summed E-state index contributed by atoms with van der Waals surface area (Å²) in [5.41, 5.74) is 2.92. The second-order valence-corrected chi connectivity index (χ2v) is 8.89. The standard InChI is InChI=1S/C18H17ClN2O3S2/c1-8-14(17(23)24-4)9(2)20-15(8)16(22)10(3)25-18-21-12-7-11(19)5-6-13(12)26-18/h5-7,10,20H,1-4H3/t10-/m0/s1. The summed E-state index contributed by atoms with van der Waals surface area (Å²) in [5.74, 6) is -0.526. The van der Waals surface area contributed by atoms with Crippen LogP contribution in [0.4, 0.5) is 0 Å². The fourth-order valence-electron chi connectivity index (χ4n) is 2.74. The van der Waals surface area contributed by atoms with E-state index in [9.17, 15) is 9.59 Å². The number of thiazole rings is 1. The molecule has 1 N–H and O–H groups in total. The SMILES string of the molecule is COC(=O)c1c(C)[nH]c(C(=O)[C@H](C)Sc2nc3cc(Cl)ccc3s2)c1C. The third-order valence-corrected chi connectivity index (χ3v) is 6.52. The quantitative estimate of drug-likeness (QED) is 0.363. The Morgan fingerprint density at radius 1 is 1.35 bits per heavy atom. The number of aryl methyl sites for hydroxylation is 1. The van der Waals surface area contributed by atoms with Gasteiger partial charge in [-0.25, -0.2) is 9.78 Å². The van der Waals surface area contributed by atoms with Gasteiger partial charge in [0, 0.05) is 10.7 Å². The van der Waals surface area contributed by atoms with Crippen LogP contribution in [-0.4, -0.2) is 34.1 Å². The summed E-state index contributed by atoms with van der Waals surface area (Å²) in [6.45, 7) is 5.34. The van der Waals surface area contributed by atoms with Gasteiger partial charge in [0.1, 0.15) is 0 Å². The number of hydrogen-bond acceptors (Lipinski definition) is 6. The van der Waals surface area contributed by atoms with Crippen molar-refractivity contribution in [1.82, 2.24) is 9.97 Å². The number of carbonyl (C=O) groups is 2. The summed E-state index contributed by atoms with van der Waals surface area (Å²) < 4.78 is 6.62. The van der Waals surface area contributed by atoms with E-state index < -0.39 is 5.97 Å². The fraction of sp³-hybridized carbons (Fsp3) is 0.278. The normalized spacial score (nSPS) is 12.3. The first-order valence-corrected chi connectivity index (χ1v) is 9.93. The molecule has 2 aromatic heterocycles. The van der Waals surface area contributed by atoms with E-state index in [0.717, 1.165) is 14.6 Å². The maximum Gasteiger partial charge on any atom is 0.339 e. The van der Waals surface area contributed by atoms with Crippen molar-refractivity contribution >= 4 is 56.7 Å². The van der Waals surface area contributed by atoms with Crippen molar-refractivity contribution in [2.75, 3.05) is 7.11 Å². The summed E-state index contributed by atoms with van der Waals surface area (Å²) in [4.78, 5) is 32.3. The zero-order valence-corrected chi connectivity index (χ0v) is 17.1. The first kappa shape index (κ1) is 18.9. The van der Waals surface area contributed by atoms with Gasteiger partial charge in [-0.1, -0.05) is 23.4 Å². The second-order valence-electron chi connectivity index (χ2n) is 5.83. The van der Waals surface area contributed by atoms with Crippen molar-refractivity contribution in [2.24, 2.45) is 0 Å². The highest BCUT2D eigenvalue weighted by Crippen LogP contribution is 2.34. The highest BCUT2D eigenvalue weighted by atomic mass is 35.5. The number of Topliss-reactive ketones (excluding diaryl/α,β-unsaturated/α-hetero) is 1. The number of esters is 1. The van der Waals surface area contributed by atoms with Crippen LogP contribution in [0.15, 0.2) is 22.5 Å². The smallest absolute Gasteiger partial charge is 0.339 e. The Morgan fingerprint density at radius 2 is 2.08 bits per heavy atom. The number of halogens is 1. The molecule has 0 unspecified atom stereocenters. The maximum absolute atomic E-state index is 12.9. The Balaban J connectivity index is 1.84. The third-order valence-electron chi connectivity index (χ3n) is 4.05. The predicted molar refractivity (Wildman–Crippen MR) is 106 cm³/mol. The van der Waals surface area contributed by atoms with Gasteiger partial charge in [-0.3, -0.25) is 4.79 Å². The van der Waals surface area contributed by atoms with Gasteiger partial charge in [0.25, 0.3) is 0 Å². The average Bonchev–Trinajstić information content (AvgIpc) is 3.12. The number of thioether (sulfide) groups is 1. The van der Waals surface area contributed by atoms with Crippen LogP contribution in [0, 0.1) is 13.8 Å². The number of ether oxygens (including phenoxy) is 1. The van der Waals surface area contributed by atoms with Gasteiger partial charge in [0.15, 0.2) is 10.1 Å². The fourth-order valence-corrected chi connectivity index (χ4v) is 5.16. The molecule has 26 heavy (non-hydrogen) atoms. The number of hydrogen-bond donors (Lipinski definition) is 1. The minimum Gasteiger partial charge on any atom is -0.465 e. The lowest BCUT2D eigenvalue weighted by atomic mass is 10.1. The molecule has 0 fully saturated rings. The number of aromatic nitrogens is 2. The molecule has 0 saturated heterocycles. The lowest BCUT2D eigenvalue weighted by Gasteiger charge is -2.08. The van der Waals surface area contributed by atoms with Crippen LogP contribution in [0.5, 0.6) is 0 Å². The highest BCUT2D eigenvalue weighted by molar-refractivity contribution is 8.02. The number of nitrogens with zero attached hydrogens (tertiary/aromatic N) is 1. The number of ketones is 1. The van der Waals surface area contributed by atoms with E-state index in [-0.39, 0.29) is 11.0 Å². The van der Waals surface area contributed by atoms with Gasteiger partial charge >= 0.3 is 5.97 Å². The molecule has 0 saturated carbocycles. The van der Waals surface area contributed by atoms with E-state index in [4.69, 9.17) is 16.3 Å². The van der Waals surface area contributed by atoms with E-state index in [1.807, 2.05) is 25.1 Å². The van der Waals surface area contributed by atoms with Crippen molar-refractivity contribution < 1.29 is 14.3 Å². The van der Waals surface area contributed by atoms with E-state index in [1.165, 1.54) is 30.2 Å². The Morgan fingerprint density at radius 3 is 2.77 bits per heavy atom. The largest absolute Gasteiger partial charge is 0.465 e. The van der Waals surface area contributed by atoms with Crippen molar-refractivity contribution in [3.8, 4) is 0 Å². The Kier molecular flexibility index (Phi) is 5.41. The molecule has 1 aromatic carbocycles. The molecule has 0 amide bonds. The summed E-state index contributed by atoms with van der Waals surface area (Å²) in [6, 6.07) is 5.56. The van der Waals surface area contributed by atoms with Crippen molar-refractivity contribution in [1.29, 1.82) is 0 Å². The van der Waals surface area contributed by atoms with E-state index in [2.05, 4.69) is 9.97 Å². The minimum absolute atomic E-state index is 0.0805.